The van der Waals surface area contributed by atoms with E-state index in [1.807, 2.05) is 4.90 Å². The summed E-state index contributed by atoms with van der Waals surface area (Å²) in [5, 5.41) is 6.94. The average Bonchev–Trinajstić information content (AvgIpc) is 2.05. The van der Waals surface area contributed by atoms with E-state index in [1.54, 1.807) is 4.90 Å². The molecule has 5 heteroatoms. The zero-order valence-electron chi connectivity index (χ0n) is 6.29. The minimum Gasteiger partial charge on any atom is -0.360 e. The van der Waals surface area contributed by atoms with Crippen molar-refractivity contribution in [3.05, 3.63) is 0 Å². The number of carbonyl (C=O) groups is 1. The molecule has 5 nitrogen and oxygen atoms in total. The Bertz CT molecular complexity index is 162. The first-order valence-electron chi connectivity index (χ1n) is 3.53. The Morgan fingerprint density at radius 2 is 1.91 bits per heavy atom. The molecule has 3 N–H and O–H groups in total. The standard InChI is InChI=1S/C6H12N4O/c7-5-9-1-3-10(4-2-9)6(8)11/h5,7H,1-4H2,(H2,8,11). The molecule has 0 aromatic carbocycles. The number of nitrogens with zero attached hydrogens (tertiary/aromatic N) is 2. The molecular formula is C6H12N4O. The van der Waals surface area contributed by atoms with Gasteiger partial charge in [0.1, 0.15) is 0 Å². The van der Waals surface area contributed by atoms with Crippen molar-refractivity contribution < 1.29 is 4.79 Å². The van der Waals surface area contributed by atoms with E-state index < -0.39 is 0 Å². The molecule has 1 fully saturated rings. The summed E-state index contributed by atoms with van der Waals surface area (Å²) in [7, 11) is 0. The fourth-order valence-electron chi connectivity index (χ4n) is 1.07. The molecule has 0 bridgehead atoms. The third-order valence-corrected chi connectivity index (χ3v) is 1.81. The molecule has 62 valence electrons. The molecule has 11 heavy (non-hydrogen) atoms. The molecule has 0 spiro atoms. The van der Waals surface area contributed by atoms with Crippen molar-refractivity contribution in [2.24, 2.45) is 5.73 Å². The van der Waals surface area contributed by atoms with E-state index in [-0.39, 0.29) is 6.03 Å². The number of hydrogen-bond donors (Lipinski definition) is 2. The van der Waals surface area contributed by atoms with E-state index in [0.29, 0.717) is 26.2 Å². The van der Waals surface area contributed by atoms with Crippen LogP contribution in [-0.4, -0.2) is 48.3 Å². The lowest BCUT2D eigenvalue weighted by molar-refractivity contribution is 0.179. The van der Waals surface area contributed by atoms with Crippen LogP contribution in [-0.2, 0) is 0 Å². The van der Waals surface area contributed by atoms with Gasteiger partial charge in [0.05, 0.1) is 6.34 Å². The van der Waals surface area contributed by atoms with Crippen LogP contribution in [0.1, 0.15) is 0 Å². The van der Waals surface area contributed by atoms with Crippen molar-refractivity contribution >= 4 is 12.4 Å². The van der Waals surface area contributed by atoms with Crippen molar-refractivity contribution in [1.82, 2.24) is 9.80 Å². The van der Waals surface area contributed by atoms with E-state index in [0.717, 1.165) is 0 Å². The largest absolute Gasteiger partial charge is 0.360 e. The van der Waals surface area contributed by atoms with Crippen molar-refractivity contribution in [2.75, 3.05) is 26.2 Å². The highest BCUT2D eigenvalue weighted by molar-refractivity contribution is 5.72. The van der Waals surface area contributed by atoms with E-state index in [2.05, 4.69) is 0 Å². The smallest absolute Gasteiger partial charge is 0.314 e. The Kier molecular flexibility index (Phi) is 2.30. The van der Waals surface area contributed by atoms with Crippen LogP contribution in [0.3, 0.4) is 0 Å². The van der Waals surface area contributed by atoms with Crippen LogP contribution < -0.4 is 5.73 Å². The SMILES string of the molecule is N=CN1CCN(C(N)=O)CC1. The van der Waals surface area contributed by atoms with E-state index in [4.69, 9.17) is 11.1 Å². The average molecular weight is 156 g/mol. The molecule has 1 heterocycles. The Hall–Kier alpha value is -1.26. The Balaban J connectivity index is 2.35. The molecule has 1 rings (SSSR count). The fourth-order valence-corrected chi connectivity index (χ4v) is 1.07. The Morgan fingerprint density at radius 3 is 2.27 bits per heavy atom. The van der Waals surface area contributed by atoms with Crippen molar-refractivity contribution in [1.29, 1.82) is 5.41 Å². The van der Waals surface area contributed by atoms with Gasteiger partial charge in [-0.25, -0.2) is 4.79 Å². The van der Waals surface area contributed by atoms with Gasteiger partial charge < -0.3 is 15.5 Å². The van der Waals surface area contributed by atoms with Crippen LogP contribution >= 0.6 is 0 Å². The second-order valence-electron chi connectivity index (χ2n) is 2.49. The quantitative estimate of drug-likeness (QED) is 0.389. The lowest BCUT2D eigenvalue weighted by atomic mass is 10.3. The highest BCUT2D eigenvalue weighted by Gasteiger charge is 2.16. The number of hydrogen-bond acceptors (Lipinski definition) is 2. The van der Waals surface area contributed by atoms with Gasteiger partial charge in [-0.1, -0.05) is 0 Å². The highest BCUT2D eigenvalue weighted by atomic mass is 16.2. The maximum absolute atomic E-state index is 10.6. The Morgan fingerprint density at radius 1 is 1.36 bits per heavy atom. The summed E-state index contributed by atoms with van der Waals surface area (Å²) in [5.74, 6) is 0. The Labute approximate surface area is 65.3 Å². The normalized spacial score (nSPS) is 18.2. The van der Waals surface area contributed by atoms with Gasteiger partial charge in [-0.15, -0.1) is 0 Å². The number of amides is 2. The zero-order valence-corrected chi connectivity index (χ0v) is 6.29. The second-order valence-corrected chi connectivity index (χ2v) is 2.49. The van der Waals surface area contributed by atoms with Gasteiger partial charge in [0.2, 0.25) is 0 Å². The third kappa shape index (κ3) is 1.83. The van der Waals surface area contributed by atoms with Crippen molar-refractivity contribution in [3.8, 4) is 0 Å². The van der Waals surface area contributed by atoms with Gasteiger partial charge >= 0.3 is 6.03 Å². The minimum absolute atomic E-state index is 0.366. The van der Waals surface area contributed by atoms with Crippen LogP contribution in [0.15, 0.2) is 0 Å². The van der Waals surface area contributed by atoms with E-state index in [1.165, 1.54) is 6.34 Å². The lowest BCUT2D eigenvalue weighted by Crippen LogP contribution is -2.49. The van der Waals surface area contributed by atoms with Gasteiger partial charge in [0, 0.05) is 26.2 Å². The first-order chi connectivity index (χ1) is 5.24. The van der Waals surface area contributed by atoms with Crippen molar-refractivity contribution in [3.63, 3.8) is 0 Å². The summed E-state index contributed by atoms with van der Waals surface area (Å²) >= 11 is 0. The number of primary amides is 1. The summed E-state index contributed by atoms with van der Waals surface area (Å²) < 4.78 is 0. The molecular weight excluding hydrogens is 144 g/mol. The van der Waals surface area contributed by atoms with Crippen LogP contribution in [0.5, 0.6) is 0 Å². The topological polar surface area (TPSA) is 73.4 Å². The number of urea groups is 1. The molecule has 0 aromatic heterocycles. The van der Waals surface area contributed by atoms with Gasteiger partial charge in [-0.05, 0) is 0 Å². The van der Waals surface area contributed by atoms with Crippen LogP contribution in [0.4, 0.5) is 4.79 Å². The third-order valence-electron chi connectivity index (χ3n) is 1.81. The van der Waals surface area contributed by atoms with E-state index >= 15 is 0 Å². The monoisotopic (exact) mass is 156 g/mol. The second kappa shape index (κ2) is 3.23. The summed E-state index contributed by atoms with van der Waals surface area (Å²) in [4.78, 5) is 14.1. The summed E-state index contributed by atoms with van der Waals surface area (Å²) in [6.45, 7) is 2.69. The molecule has 1 saturated heterocycles. The number of piperazine rings is 1. The molecule has 0 radical (unpaired) electrons. The maximum atomic E-state index is 10.6. The van der Waals surface area contributed by atoms with Crippen LogP contribution in [0.2, 0.25) is 0 Å². The molecule has 2 amide bonds. The van der Waals surface area contributed by atoms with Gasteiger partial charge in [-0.2, -0.15) is 0 Å². The number of nitrogens with one attached hydrogen (secondary N) is 1. The van der Waals surface area contributed by atoms with Crippen molar-refractivity contribution in [2.45, 2.75) is 0 Å². The minimum atomic E-state index is -0.366. The zero-order chi connectivity index (χ0) is 8.27. The first-order valence-corrected chi connectivity index (χ1v) is 3.53. The van der Waals surface area contributed by atoms with E-state index in [9.17, 15) is 4.79 Å². The summed E-state index contributed by atoms with van der Waals surface area (Å²) in [6.07, 6.45) is 1.29. The number of rotatable bonds is 1. The molecule has 1 aliphatic heterocycles. The molecule has 0 saturated carbocycles. The maximum Gasteiger partial charge on any atom is 0.314 e. The van der Waals surface area contributed by atoms with Crippen LogP contribution in [0.25, 0.3) is 0 Å². The van der Waals surface area contributed by atoms with Gasteiger partial charge in [0.15, 0.2) is 0 Å². The first kappa shape index (κ1) is 7.84. The van der Waals surface area contributed by atoms with Crippen LogP contribution in [0, 0.1) is 5.41 Å². The number of carbonyl (C=O) groups excluding carboxylic acids is 1. The molecule has 0 atom stereocenters. The number of nitrogens with two attached hydrogens (primary N) is 1. The molecule has 0 unspecified atom stereocenters. The molecule has 1 aliphatic rings. The fraction of sp³-hybridized carbons (Fsp3) is 0.667. The van der Waals surface area contributed by atoms with Gasteiger partial charge in [0.25, 0.3) is 0 Å². The highest BCUT2D eigenvalue weighted by Crippen LogP contribution is 1.97. The predicted octanol–water partition coefficient (Wildman–Crippen LogP) is -0.710. The summed E-state index contributed by atoms with van der Waals surface area (Å²) in [6, 6.07) is -0.366. The predicted molar refractivity (Wildman–Crippen MR) is 41.5 cm³/mol. The van der Waals surface area contributed by atoms with Gasteiger partial charge in [-0.3, -0.25) is 5.41 Å². The summed E-state index contributed by atoms with van der Waals surface area (Å²) in [5.41, 5.74) is 5.07. The molecule has 0 aliphatic carbocycles. The molecule has 0 aromatic rings. The lowest BCUT2D eigenvalue weighted by Gasteiger charge is -2.31.